The molecule has 1 saturated heterocycles. The molecule has 0 aliphatic carbocycles. The molecule has 0 aromatic carbocycles. The van der Waals surface area contributed by atoms with E-state index in [9.17, 15) is 9.59 Å². The first-order valence-corrected chi connectivity index (χ1v) is 6.95. The van der Waals surface area contributed by atoms with Gasteiger partial charge in [0.25, 0.3) is 0 Å². The number of likely N-dealkylation sites (tertiary alicyclic amines) is 1. The van der Waals surface area contributed by atoms with Crippen molar-refractivity contribution in [1.82, 2.24) is 10.2 Å². The molecule has 0 radical (unpaired) electrons. The molecular weight excluding hydrogens is 230 g/mol. The molecule has 1 heterocycles. The van der Waals surface area contributed by atoms with Crippen LogP contribution in [0.2, 0.25) is 0 Å². The summed E-state index contributed by atoms with van der Waals surface area (Å²) in [6, 6.07) is 0.204. The van der Waals surface area contributed by atoms with Crippen LogP contribution < -0.4 is 11.1 Å². The van der Waals surface area contributed by atoms with Crippen LogP contribution in [0.3, 0.4) is 0 Å². The Morgan fingerprint density at radius 3 is 2.78 bits per heavy atom. The Labute approximate surface area is 109 Å². The minimum Gasteiger partial charge on any atom is -0.356 e. The van der Waals surface area contributed by atoms with Crippen molar-refractivity contribution in [1.29, 1.82) is 0 Å². The van der Waals surface area contributed by atoms with Gasteiger partial charge in [0.15, 0.2) is 0 Å². The molecule has 1 atom stereocenters. The lowest BCUT2D eigenvalue weighted by molar-refractivity contribution is -0.134. The maximum absolute atomic E-state index is 12.0. The second-order valence-electron chi connectivity index (χ2n) is 4.78. The summed E-state index contributed by atoms with van der Waals surface area (Å²) >= 11 is 0. The third kappa shape index (κ3) is 4.64. The molecule has 2 amide bonds. The third-order valence-electron chi connectivity index (χ3n) is 3.39. The summed E-state index contributed by atoms with van der Waals surface area (Å²) in [5.74, 6) is 0.175. The van der Waals surface area contributed by atoms with Gasteiger partial charge in [-0.2, -0.15) is 0 Å². The van der Waals surface area contributed by atoms with Crippen LogP contribution >= 0.6 is 0 Å². The summed E-state index contributed by atoms with van der Waals surface area (Å²) in [5, 5.41) is 2.73. The number of carbonyl (C=O) groups is 2. The maximum Gasteiger partial charge on any atom is 0.222 e. The van der Waals surface area contributed by atoms with Gasteiger partial charge in [-0.05, 0) is 32.6 Å². The molecule has 1 rings (SSSR count). The van der Waals surface area contributed by atoms with E-state index in [2.05, 4.69) is 5.32 Å². The predicted octanol–water partition coefficient (Wildman–Crippen LogP) is 0.633. The summed E-state index contributed by atoms with van der Waals surface area (Å²) in [7, 11) is 0. The number of hydrogen-bond acceptors (Lipinski definition) is 3. The zero-order valence-corrected chi connectivity index (χ0v) is 11.3. The first kappa shape index (κ1) is 15.0. The smallest absolute Gasteiger partial charge is 0.222 e. The normalized spacial score (nSPS) is 19.7. The number of hydrogen-bond donors (Lipinski definition) is 2. The Hall–Kier alpha value is -1.10. The first-order valence-electron chi connectivity index (χ1n) is 6.95. The van der Waals surface area contributed by atoms with Gasteiger partial charge in [-0.3, -0.25) is 9.59 Å². The van der Waals surface area contributed by atoms with Crippen molar-refractivity contribution in [3.05, 3.63) is 0 Å². The molecule has 0 saturated carbocycles. The van der Waals surface area contributed by atoms with Gasteiger partial charge in [-0.1, -0.05) is 0 Å². The topological polar surface area (TPSA) is 75.4 Å². The van der Waals surface area contributed by atoms with Crippen molar-refractivity contribution in [2.24, 2.45) is 5.73 Å². The van der Waals surface area contributed by atoms with Crippen LogP contribution in [-0.4, -0.2) is 42.4 Å². The summed E-state index contributed by atoms with van der Waals surface area (Å²) in [6.07, 6.45) is 4.74. The third-order valence-corrected chi connectivity index (χ3v) is 3.39. The van der Waals surface area contributed by atoms with Crippen molar-refractivity contribution in [3.8, 4) is 0 Å². The van der Waals surface area contributed by atoms with Crippen LogP contribution in [0.25, 0.3) is 0 Å². The fourth-order valence-corrected chi connectivity index (χ4v) is 2.40. The highest BCUT2D eigenvalue weighted by Gasteiger charge is 2.24. The Kier molecular flexibility index (Phi) is 6.72. The highest BCUT2D eigenvalue weighted by molar-refractivity contribution is 5.79. The van der Waals surface area contributed by atoms with E-state index in [1.165, 1.54) is 0 Å². The second-order valence-corrected chi connectivity index (χ2v) is 4.78. The Bertz CT molecular complexity index is 281. The minimum absolute atomic E-state index is 0.0271. The zero-order chi connectivity index (χ0) is 13.4. The minimum atomic E-state index is 0.0271. The van der Waals surface area contributed by atoms with E-state index in [0.29, 0.717) is 32.4 Å². The average molecular weight is 255 g/mol. The van der Waals surface area contributed by atoms with Crippen molar-refractivity contribution >= 4 is 11.8 Å². The van der Waals surface area contributed by atoms with E-state index in [1.54, 1.807) is 0 Å². The number of nitrogens with two attached hydrogens (primary N) is 1. The first-order chi connectivity index (χ1) is 8.69. The number of rotatable bonds is 6. The highest BCUT2D eigenvalue weighted by atomic mass is 16.2. The largest absolute Gasteiger partial charge is 0.356 e. The Balaban J connectivity index is 2.28. The van der Waals surface area contributed by atoms with Gasteiger partial charge in [0.05, 0.1) is 0 Å². The number of amides is 2. The summed E-state index contributed by atoms with van der Waals surface area (Å²) < 4.78 is 0. The van der Waals surface area contributed by atoms with Crippen molar-refractivity contribution in [2.75, 3.05) is 19.6 Å². The van der Waals surface area contributed by atoms with Gasteiger partial charge in [0.1, 0.15) is 0 Å². The average Bonchev–Trinajstić information content (AvgIpc) is 2.38. The van der Waals surface area contributed by atoms with Crippen LogP contribution in [0.1, 0.15) is 45.4 Å². The Morgan fingerprint density at radius 2 is 2.11 bits per heavy atom. The maximum atomic E-state index is 12.0. The van der Waals surface area contributed by atoms with E-state index in [-0.39, 0.29) is 17.9 Å². The lowest BCUT2D eigenvalue weighted by Gasteiger charge is -2.35. The number of piperidine rings is 1. The second kappa shape index (κ2) is 8.08. The van der Waals surface area contributed by atoms with Crippen LogP contribution in [0, 0.1) is 0 Å². The van der Waals surface area contributed by atoms with E-state index in [0.717, 1.165) is 25.8 Å². The van der Waals surface area contributed by atoms with E-state index in [1.807, 2.05) is 11.8 Å². The van der Waals surface area contributed by atoms with Crippen molar-refractivity contribution < 1.29 is 9.59 Å². The van der Waals surface area contributed by atoms with Crippen LogP contribution in [0.5, 0.6) is 0 Å². The van der Waals surface area contributed by atoms with Gasteiger partial charge in [-0.15, -0.1) is 0 Å². The van der Waals surface area contributed by atoms with Gasteiger partial charge in [0, 0.05) is 38.5 Å². The fourth-order valence-electron chi connectivity index (χ4n) is 2.40. The lowest BCUT2D eigenvalue weighted by atomic mass is 10.0. The highest BCUT2D eigenvalue weighted by Crippen LogP contribution is 2.17. The molecule has 3 N–H and O–H groups in total. The van der Waals surface area contributed by atoms with Crippen molar-refractivity contribution in [3.63, 3.8) is 0 Å². The SMILES string of the molecule is CCNC(=O)CCCC(=O)N1CCCCC1CN. The molecule has 0 aromatic rings. The lowest BCUT2D eigenvalue weighted by Crippen LogP contribution is -2.47. The quantitative estimate of drug-likeness (QED) is 0.731. The molecule has 1 aliphatic heterocycles. The van der Waals surface area contributed by atoms with Gasteiger partial charge >= 0.3 is 0 Å². The molecular formula is C13H25N3O2. The molecule has 5 heteroatoms. The summed E-state index contributed by atoms with van der Waals surface area (Å²) in [4.78, 5) is 25.2. The van der Waals surface area contributed by atoms with E-state index >= 15 is 0 Å². The van der Waals surface area contributed by atoms with Crippen LogP contribution in [0.15, 0.2) is 0 Å². The summed E-state index contributed by atoms with van der Waals surface area (Å²) in [6.45, 7) is 3.90. The molecule has 1 fully saturated rings. The molecule has 1 aliphatic rings. The molecule has 18 heavy (non-hydrogen) atoms. The number of carbonyl (C=O) groups excluding carboxylic acids is 2. The zero-order valence-electron chi connectivity index (χ0n) is 11.3. The molecule has 0 spiro atoms. The summed E-state index contributed by atoms with van der Waals surface area (Å²) in [5.41, 5.74) is 5.69. The van der Waals surface area contributed by atoms with E-state index in [4.69, 9.17) is 5.73 Å². The predicted molar refractivity (Wildman–Crippen MR) is 70.9 cm³/mol. The van der Waals surface area contributed by atoms with E-state index < -0.39 is 0 Å². The molecule has 0 bridgehead atoms. The molecule has 0 aromatic heterocycles. The fraction of sp³-hybridized carbons (Fsp3) is 0.846. The molecule has 5 nitrogen and oxygen atoms in total. The van der Waals surface area contributed by atoms with Gasteiger partial charge < -0.3 is 16.0 Å². The van der Waals surface area contributed by atoms with Crippen LogP contribution in [0.4, 0.5) is 0 Å². The number of nitrogens with zero attached hydrogens (tertiary/aromatic N) is 1. The van der Waals surface area contributed by atoms with Gasteiger partial charge in [-0.25, -0.2) is 0 Å². The number of nitrogens with one attached hydrogen (secondary N) is 1. The molecule has 1 unspecified atom stereocenters. The standard InChI is InChI=1S/C13H25N3O2/c1-2-15-12(17)7-5-8-13(18)16-9-4-3-6-11(16)10-14/h11H,2-10,14H2,1H3,(H,15,17). The van der Waals surface area contributed by atoms with Crippen LogP contribution in [-0.2, 0) is 9.59 Å². The Morgan fingerprint density at radius 1 is 1.33 bits per heavy atom. The van der Waals surface area contributed by atoms with Gasteiger partial charge in [0.2, 0.25) is 11.8 Å². The van der Waals surface area contributed by atoms with Crippen molar-refractivity contribution in [2.45, 2.75) is 51.5 Å². The monoisotopic (exact) mass is 255 g/mol. The molecule has 104 valence electrons.